The van der Waals surface area contributed by atoms with Crippen molar-refractivity contribution in [2.24, 2.45) is 0 Å². The molecule has 9 nitrogen and oxygen atoms in total. The summed E-state index contributed by atoms with van der Waals surface area (Å²) in [5, 5.41) is 0.444. The van der Waals surface area contributed by atoms with Gasteiger partial charge in [0.15, 0.2) is 16.9 Å². The van der Waals surface area contributed by atoms with Gasteiger partial charge in [0.1, 0.15) is 5.58 Å². The number of rotatable bonds is 8. The van der Waals surface area contributed by atoms with Gasteiger partial charge in [-0.15, -0.1) is 0 Å². The van der Waals surface area contributed by atoms with E-state index in [9.17, 15) is 9.59 Å². The molecule has 186 valence electrons. The van der Waals surface area contributed by atoms with Gasteiger partial charge in [0.25, 0.3) is 5.91 Å². The van der Waals surface area contributed by atoms with Crippen LogP contribution in [-0.2, 0) is 6.54 Å². The minimum atomic E-state index is -0.676. The number of benzene rings is 2. The molecular formula is C27H27N3O6. The van der Waals surface area contributed by atoms with E-state index in [1.165, 1.54) is 21.3 Å². The van der Waals surface area contributed by atoms with Crippen LogP contribution < -0.4 is 19.6 Å². The third-order valence-corrected chi connectivity index (χ3v) is 6.50. The van der Waals surface area contributed by atoms with Gasteiger partial charge in [-0.05, 0) is 43.2 Å². The number of imidazole rings is 1. The van der Waals surface area contributed by atoms with Crippen molar-refractivity contribution in [2.75, 3.05) is 27.9 Å². The summed E-state index contributed by atoms with van der Waals surface area (Å²) in [6.45, 7) is 2.98. The maximum atomic E-state index is 13.8. The highest BCUT2D eigenvalue weighted by Crippen LogP contribution is 2.45. The molecule has 1 atom stereocenters. The van der Waals surface area contributed by atoms with Crippen LogP contribution in [0.4, 0.5) is 0 Å². The summed E-state index contributed by atoms with van der Waals surface area (Å²) in [7, 11) is 4.59. The van der Waals surface area contributed by atoms with Gasteiger partial charge >= 0.3 is 0 Å². The van der Waals surface area contributed by atoms with Gasteiger partial charge in [-0.1, -0.05) is 11.6 Å². The van der Waals surface area contributed by atoms with Crippen molar-refractivity contribution in [2.45, 2.75) is 25.9 Å². The number of amides is 1. The Balaban J connectivity index is 1.67. The van der Waals surface area contributed by atoms with Crippen LogP contribution in [-0.4, -0.2) is 48.2 Å². The molecule has 1 amide bonds. The van der Waals surface area contributed by atoms with Gasteiger partial charge in [-0.3, -0.25) is 9.59 Å². The lowest BCUT2D eigenvalue weighted by Gasteiger charge is -2.26. The van der Waals surface area contributed by atoms with E-state index >= 15 is 0 Å². The number of carbonyl (C=O) groups is 1. The highest BCUT2D eigenvalue weighted by Gasteiger charge is 2.43. The Hall–Kier alpha value is -4.27. The van der Waals surface area contributed by atoms with Crippen molar-refractivity contribution in [1.29, 1.82) is 0 Å². The first-order valence-electron chi connectivity index (χ1n) is 11.6. The molecule has 0 saturated carbocycles. The topological polar surface area (TPSA) is 96.0 Å². The third-order valence-electron chi connectivity index (χ3n) is 6.50. The molecule has 0 bridgehead atoms. The fourth-order valence-corrected chi connectivity index (χ4v) is 4.81. The molecule has 0 unspecified atom stereocenters. The largest absolute Gasteiger partial charge is 0.493 e. The molecule has 2 aromatic heterocycles. The maximum Gasteiger partial charge on any atom is 0.290 e. The third kappa shape index (κ3) is 3.86. The van der Waals surface area contributed by atoms with Crippen molar-refractivity contribution in [3.63, 3.8) is 0 Å². The molecule has 36 heavy (non-hydrogen) atoms. The van der Waals surface area contributed by atoms with E-state index in [1.807, 2.05) is 23.8 Å². The van der Waals surface area contributed by atoms with Gasteiger partial charge in [0.2, 0.25) is 11.5 Å². The van der Waals surface area contributed by atoms with E-state index < -0.39 is 6.04 Å². The van der Waals surface area contributed by atoms with Crippen LogP contribution in [0.5, 0.6) is 17.2 Å². The number of hydrogen-bond acceptors (Lipinski definition) is 7. The molecule has 0 spiro atoms. The molecule has 1 aliphatic rings. The van der Waals surface area contributed by atoms with Crippen LogP contribution >= 0.6 is 0 Å². The highest BCUT2D eigenvalue weighted by molar-refractivity contribution is 5.99. The van der Waals surface area contributed by atoms with E-state index in [-0.39, 0.29) is 17.1 Å². The molecule has 0 fully saturated rings. The Labute approximate surface area is 207 Å². The number of aryl methyl sites for hydroxylation is 2. The maximum absolute atomic E-state index is 13.8. The van der Waals surface area contributed by atoms with Gasteiger partial charge < -0.3 is 28.1 Å². The molecule has 0 radical (unpaired) electrons. The van der Waals surface area contributed by atoms with Crippen molar-refractivity contribution in [3.05, 3.63) is 81.7 Å². The zero-order chi connectivity index (χ0) is 25.4. The predicted octanol–water partition coefficient (Wildman–Crippen LogP) is 3.96. The van der Waals surface area contributed by atoms with Crippen molar-refractivity contribution >= 4 is 16.9 Å². The molecule has 1 aliphatic heterocycles. The second kappa shape index (κ2) is 9.41. The van der Waals surface area contributed by atoms with Crippen LogP contribution in [0.3, 0.4) is 0 Å². The zero-order valence-electron chi connectivity index (χ0n) is 20.6. The Morgan fingerprint density at radius 1 is 1.00 bits per heavy atom. The van der Waals surface area contributed by atoms with Crippen molar-refractivity contribution in [1.82, 2.24) is 14.5 Å². The molecule has 0 N–H and O–H groups in total. The summed E-state index contributed by atoms with van der Waals surface area (Å²) < 4.78 is 24.6. The first-order valence-corrected chi connectivity index (χ1v) is 11.6. The summed E-state index contributed by atoms with van der Waals surface area (Å²) in [6.07, 6.45) is 5.98. The number of ether oxygens (including phenoxy) is 3. The Bertz CT molecular complexity index is 1470. The molecule has 3 heterocycles. The smallest absolute Gasteiger partial charge is 0.290 e. The summed E-state index contributed by atoms with van der Waals surface area (Å²) in [4.78, 5) is 33.2. The fraction of sp³-hybridized carbons (Fsp3) is 0.296. The van der Waals surface area contributed by atoms with Gasteiger partial charge in [0, 0.05) is 25.5 Å². The van der Waals surface area contributed by atoms with Gasteiger partial charge in [-0.2, -0.15) is 0 Å². The molecule has 9 heteroatoms. The number of nitrogens with zero attached hydrogens (tertiary/aromatic N) is 3. The SMILES string of the molecule is COc1cc([C@@H]2c3c(oc4ccc(C)cc4c3=O)C(=O)N2CCCn2ccnc2)cc(OC)c1OC. The Morgan fingerprint density at radius 3 is 2.39 bits per heavy atom. The minimum absolute atomic E-state index is 0.0673. The molecular weight excluding hydrogens is 462 g/mol. The average Bonchev–Trinajstić information content (AvgIpc) is 3.50. The van der Waals surface area contributed by atoms with Crippen LogP contribution in [0, 0.1) is 6.92 Å². The first kappa shape index (κ1) is 23.5. The number of carbonyl (C=O) groups excluding carboxylic acids is 1. The molecule has 0 aliphatic carbocycles. The monoisotopic (exact) mass is 489 g/mol. The van der Waals surface area contributed by atoms with Crippen LogP contribution in [0.1, 0.15) is 39.7 Å². The highest BCUT2D eigenvalue weighted by atomic mass is 16.5. The number of fused-ring (bicyclic) bond motifs is 2. The molecule has 0 saturated heterocycles. The minimum Gasteiger partial charge on any atom is -0.493 e. The number of hydrogen-bond donors (Lipinski definition) is 0. The zero-order valence-corrected chi connectivity index (χ0v) is 20.6. The van der Waals surface area contributed by atoms with Crippen molar-refractivity contribution in [3.8, 4) is 17.2 Å². The van der Waals surface area contributed by atoms with Crippen molar-refractivity contribution < 1.29 is 23.4 Å². The summed E-state index contributed by atoms with van der Waals surface area (Å²) >= 11 is 0. The first-order chi connectivity index (χ1) is 17.5. The average molecular weight is 490 g/mol. The normalized spacial score (nSPS) is 14.8. The van der Waals surface area contributed by atoms with Crippen LogP contribution in [0.2, 0.25) is 0 Å². The second-order valence-electron chi connectivity index (χ2n) is 8.69. The molecule has 2 aromatic carbocycles. The summed E-state index contributed by atoms with van der Waals surface area (Å²) in [5.74, 6) is 1.05. The Morgan fingerprint density at radius 2 is 1.75 bits per heavy atom. The molecule has 4 aromatic rings. The fourth-order valence-electron chi connectivity index (χ4n) is 4.81. The van der Waals surface area contributed by atoms with Gasteiger partial charge in [-0.25, -0.2) is 4.98 Å². The second-order valence-corrected chi connectivity index (χ2v) is 8.69. The lowest BCUT2D eigenvalue weighted by atomic mass is 9.97. The quantitative estimate of drug-likeness (QED) is 0.370. The van der Waals surface area contributed by atoms with E-state index in [2.05, 4.69) is 4.98 Å². The summed E-state index contributed by atoms with van der Waals surface area (Å²) in [5.41, 5.74) is 2.08. The number of aromatic nitrogens is 2. The lowest BCUT2D eigenvalue weighted by molar-refractivity contribution is 0.0723. The molecule has 5 rings (SSSR count). The van der Waals surface area contributed by atoms with E-state index in [0.717, 1.165) is 5.56 Å². The predicted molar refractivity (Wildman–Crippen MR) is 133 cm³/mol. The van der Waals surface area contributed by atoms with E-state index in [4.69, 9.17) is 18.6 Å². The standard InChI is InChI=1S/C27H27N3O6/c1-16-6-7-19-18(12-16)24(31)22-23(17-13-20(33-2)25(35-4)21(14-17)34-3)30(27(32)26(22)36-19)10-5-9-29-11-8-28-15-29/h6-8,11-15,23H,5,9-10H2,1-4H3/t23-/m1/s1. The Kier molecular flexibility index (Phi) is 6.13. The van der Waals surface area contributed by atoms with Gasteiger partial charge in [0.05, 0.1) is 44.6 Å². The lowest BCUT2D eigenvalue weighted by Crippen LogP contribution is -2.31. The van der Waals surface area contributed by atoms with Crippen LogP contribution in [0.25, 0.3) is 11.0 Å². The van der Waals surface area contributed by atoms with E-state index in [1.54, 1.807) is 41.7 Å². The van der Waals surface area contributed by atoms with Crippen LogP contribution in [0.15, 0.2) is 58.3 Å². The number of methoxy groups -OCH3 is 3. The summed E-state index contributed by atoms with van der Waals surface area (Å²) in [6, 6.07) is 8.26. The van der Waals surface area contributed by atoms with E-state index in [0.29, 0.717) is 58.9 Å².